The van der Waals surface area contributed by atoms with Gasteiger partial charge in [-0.15, -0.1) is 0 Å². The van der Waals surface area contributed by atoms with Crippen molar-refractivity contribution in [3.8, 4) is 11.1 Å². The maximum atomic E-state index is 11.3. The molecule has 0 bridgehead atoms. The van der Waals surface area contributed by atoms with Crippen molar-refractivity contribution < 1.29 is 8.83 Å². The Bertz CT molecular complexity index is 862. The van der Waals surface area contributed by atoms with Gasteiger partial charge in [-0.05, 0) is 17.7 Å². The van der Waals surface area contributed by atoms with Crippen LogP contribution in [0.3, 0.4) is 0 Å². The molecule has 19 heavy (non-hydrogen) atoms. The highest BCUT2D eigenvalue weighted by Crippen LogP contribution is 2.30. The summed E-state index contributed by atoms with van der Waals surface area (Å²) in [5.41, 5.74) is 5.61. The van der Waals surface area contributed by atoms with Crippen LogP contribution in [0.4, 0.5) is 5.69 Å². The minimum atomic E-state index is -1.07. The molecule has 5 heteroatoms. The minimum absolute atomic E-state index is 0.0888. The Kier molecular flexibility index (Phi) is 2.45. The molecule has 0 saturated carbocycles. The third-order valence-electron chi connectivity index (χ3n) is 2.78. The van der Waals surface area contributed by atoms with Crippen LogP contribution in [0, 0.1) is 0 Å². The Balaban J connectivity index is 2.45. The number of hydrogen-bond acceptors (Lipinski definition) is 5. The zero-order chi connectivity index (χ0) is 13.4. The monoisotopic (exact) mass is 255 g/mol. The van der Waals surface area contributed by atoms with E-state index in [0.29, 0.717) is 5.56 Å². The summed E-state index contributed by atoms with van der Waals surface area (Å²) in [6.45, 7) is 0. The average Bonchev–Trinajstić information content (AvgIpc) is 2.42. The minimum Gasteiger partial charge on any atom is -0.413 e. The quantitative estimate of drug-likeness (QED) is 0.530. The molecule has 2 N–H and O–H groups in total. The van der Waals surface area contributed by atoms with Gasteiger partial charge in [0.1, 0.15) is 0 Å². The van der Waals surface area contributed by atoms with Gasteiger partial charge in [-0.25, -0.2) is 9.59 Å². The summed E-state index contributed by atoms with van der Waals surface area (Å²) in [7, 11) is 0. The van der Waals surface area contributed by atoms with Crippen molar-refractivity contribution in [1.29, 1.82) is 0 Å². The van der Waals surface area contributed by atoms with E-state index in [4.69, 9.17) is 14.6 Å². The molecule has 94 valence electrons. The van der Waals surface area contributed by atoms with Crippen molar-refractivity contribution in [1.82, 2.24) is 0 Å². The lowest BCUT2D eigenvalue weighted by atomic mass is 10.0. The molecule has 1 aromatic heterocycles. The third kappa shape index (κ3) is 1.81. The molecule has 0 amide bonds. The van der Waals surface area contributed by atoms with Gasteiger partial charge >= 0.3 is 11.3 Å². The second-order valence-corrected chi connectivity index (χ2v) is 4.01. The number of nitrogen functional groups attached to an aromatic ring is 1. The average molecular weight is 255 g/mol. The summed E-state index contributed by atoms with van der Waals surface area (Å²) in [6, 6.07) is 12.6. The summed E-state index contributed by atoms with van der Waals surface area (Å²) >= 11 is 0. The molecular formula is C14H9NO4. The number of rotatable bonds is 1. The van der Waals surface area contributed by atoms with E-state index in [1.54, 1.807) is 12.1 Å². The van der Waals surface area contributed by atoms with Crippen molar-refractivity contribution in [3.05, 3.63) is 63.3 Å². The number of hydrogen-bond donors (Lipinski definition) is 1. The van der Waals surface area contributed by atoms with Crippen LogP contribution < -0.4 is 17.0 Å². The highest BCUT2D eigenvalue weighted by molar-refractivity contribution is 5.95. The fourth-order valence-electron chi connectivity index (χ4n) is 1.90. The zero-order valence-electron chi connectivity index (χ0n) is 9.75. The summed E-state index contributed by atoms with van der Waals surface area (Å²) < 4.78 is 9.92. The predicted molar refractivity (Wildman–Crippen MR) is 70.9 cm³/mol. The standard InChI is InChI=1S/C14H9NO4/c15-10-7-6-9(8-4-2-1-3-5-8)11-12(10)19-14(17)13(16)18-11/h1-7H,15H2. The zero-order valence-corrected chi connectivity index (χ0v) is 9.75. The molecule has 2 aromatic carbocycles. The van der Waals surface area contributed by atoms with E-state index >= 15 is 0 Å². The Labute approximate surface area is 106 Å². The lowest BCUT2D eigenvalue weighted by Crippen LogP contribution is -2.21. The molecule has 0 aliphatic carbocycles. The van der Waals surface area contributed by atoms with Gasteiger partial charge in [-0.2, -0.15) is 0 Å². The second kappa shape index (κ2) is 4.13. The molecule has 0 spiro atoms. The van der Waals surface area contributed by atoms with Crippen LogP contribution in [0.15, 0.2) is 60.9 Å². The van der Waals surface area contributed by atoms with E-state index in [2.05, 4.69) is 0 Å². The topological polar surface area (TPSA) is 86.4 Å². The maximum absolute atomic E-state index is 11.3. The fraction of sp³-hybridized carbons (Fsp3) is 0. The summed E-state index contributed by atoms with van der Waals surface area (Å²) in [4.78, 5) is 22.5. The summed E-state index contributed by atoms with van der Waals surface area (Å²) in [6.07, 6.45) is 0. The largest absolute Gasteiger partial charge is 0.423 e. The molecule has 0 unspecified atom stereocenters. The van der Waals surface area contributed by atoms with Gasteiger partial charge in [0.2, 0.25) is 0 Å². The first-order valence-electron chi connectivity index (χ1n) is 5.58. The van der Waals surface area contributed by atoms with Crippen molar-refractivity contribution in [2.45, 2.75) is 0 Å². The number of benzene rings is 2. The molecule has 1 heterocycles. The van der Waals surface area contributed by atoms with Gasteiger partial charge in [-0.1, -0.05) is 30.3 Å². The van der Waals surface area contributed by atoms with Crippen LogP contribution in [0.5, 0.6) is 0 Å². The number of fused-ring (bicyclic) bond motifs is 1. The molecule has 0 radical (unpaired) electrons. The Morgan fingerprint density at radius 1 is 0.789 bits per heavy atom. The van der Waals surface area contributed by atoms with Gasteiger partial charge in [0, 0.05) is 5.56 Å². The van der Waals surface area contributed by atoms with Gasteiger partial charge in [0.15, 0.2) is 11.2 Å². The Morgan fingerprint density at radius 2 is 1.42 bits per heavy atom. The van der Waals surface area contributed by atoms with Gasteiger partial charge in [0.25, 0.3) is 0 Å². The van der Waals surface area contributed by atoms with Gasteiger partial charge in [-0.3, -0.25) is 0 Å². The molecule has 5 nitrogen and oxygen atoms in total. The van der Waals surface area contributed by atoms with E-state index in [-0.39, 0.29) is 16.9 Å². The third-order valence-corrected chi connectivity index (χ3v) is 2.78. The van der Waals surface area contributed by atoms with E-state index < -0.39 is 11.3 Å². The van der Waals surface area contributed by atoms with Crippen LogP contribution in [0.2, 0.25) is 0 Å². The molecule has 0 aliphatic heterocycles. The SMILES string of the molecule is Nc1ccc(-c2ccccc2)c2oc(=O)c(=O)oc12. The molecule has 0 saturated heterocycles. The molecular weight excluding hydrogens is 246 g/mol. The van der Waals surface area contributed by atoms with Crippen molar-refractivity contribution in [3.63, 3.8) is 0 Å². The number of nitrogens with two attached hydrogens (primary N) is 1. The van der Waals surface area contributed by atoms with Crippen molar-refractivity contribution in [2.75, 3.05) is 5.73 Å². The fourth-order valence-corrected chi connectivity index (χ4v) is 1.90. The Morgan fingerprint density at radius 3 is 2.11 bits per heavy atom. The van der Waals surface area contributed by atoms with Crippen LogP contribution >= 0.6 is 0 Å². The van der Waals surface area contributed by atoms with E-state index in [1.165, 1.54) is 0 Å². The van der Waals surface area contributed by atoms with E-state index in [0.717, 1.165) is 5.56 Å². The van der Waals surface area contributed by atoms with Crippen LogP contribution in [-0.4, -0.2) is 0 Å². The highest BCUT2D eigenvalue weighted by atomic mass is 16.5. The van der Waals surface area contributed by atoms with Gasteiger partial charge < -0.3 is 14.6 Å². The van der Waals surface area contributed by atoms with E-state index in [9.17, 15) is 9.59 Å². The molecule has 0 aliphatic rings. The molecule has 0 atom stereocenters. The lowest BCUT2D eigenvalue weighted by molar-refractivity contribution is 0.450. The normalized spacial score (nSPS) is 10.7. The van der Waals surface area contributed by atoms with Crippen molar-refractivity contribution >= 4 is 16.9 Å². The molecule has 3 aromatic rings. The van der Waals surface area contributed by atoms with Crippen LogP contribution in [0.1, 0.15) is 0 Å². The maximum Gasteiger partial charge on any atom is 0.423 e. The van der Waals surface area contributed by atoms with Crippen LogP contribution in [-0.2, 0) is 0 Å². The van der Waals surface area contributed by atoms with E-state index in [1.807, 2.05) is 30.3 Å². The number of anilines is 1. The molecule has 3 rings (SSSR count). The molecule has 0 fully saturated rings. The highest BCUT2D eigenvalue weighted by Gasteiger charge is 2.13. The first kappa shape index (κ1) is 11.3. The smallest absolute Gasteiger partial charge is 0.413 e. The second-order valence-electron chi connectivity index (χ2n) is 4.01. The van der Waals surface area contributed by atoms with Gasteiger partial charge in [0.05, 0.1) is 5.69 Å². The van der Waals surface area contributed by atoms with Crippen LogP contribution in [0.25, 0.3) is 22.3 Å². The first-order valence-corrected chi connectivity index (χ1v) is 5.58. The first-order chi connectivity index (χ1) is 9.16. The predicted octanol–water partition coefficient (Wildman–Crippen LogP) is 2.00. The Hall–Kier alpha value is -2.82. The lowest BCUT2D eigenvalue weighted by Gasteiger charge is -2.05. The van der Waals surface area contributed by atoms with Crippen molar-refractivity contribution in [2.24, 2.45) is 0 Å². The summed E-state index contributed by atoms with van der Waals surface area (Å²) in [5, 5.41) is 0. The summed E-state index contributed by atoms with van der Waals surface area (Å²) in [5.74, 6) is 0.